The van der Waals surface area contributed by atoms with Crippen LogP contribution in [0.25, 0.3) is 0 Å². The molecule has 0 aliphatic rings. The van der Waals surface area contributed by atoms with E-state index in [2.05, 4.69) is 17.2 Å². The molecule has 0 aliphatic carbocycles. The molecule has 0 bridgehead atoms. The standard InChI is InChI=1S/C8Cl4N2O4/c9-15-5-3(1-13)4(2-14)6(16-10)8(18-12)7(5)17-11. The molecule has 0 heterocycles. The Morgan fingerprint density at radius 3 is 1.06 bits per heavy atom. The van der Waals surface area contributed by atoms with Gasteiger partial charge in [0.2, 0.25) is 23.0 Å². The van der Waals surface area contributed by atoms with Crippen molar-refractivity contribution >= 4 is 47.5 Å². The fraction of sp³-hybridized carbons (Fsp3) is 0. The summed E-state index contributed by atoms with van der Waals surface area (Å²) < 4.78 is 17.6. The summed E-state index contributed by atoms with van der Waals surface area (Å²) in [6.45, 7) is 0. The average Bonchev–Trinajstić information content (AvgIpc) is 2.43. The molecule has 0 aromatic heterocycles. The summed E-state index contributed by atoms with van der Waals surface area (Å²) in [6, 6.07) is 3.32. The van der Waals surface area contributed by atoms with Crippen LogP contribution in [0.15, 0.2) is 0 Å². The van der Waals surface area contributed by atoms with Gasteiger partial charge >= 0.3 is 0 Å². The molecular formula is C8Cl4N2O4. The molecule has 1 aromatic carbocycles. The van der Waals surface area contributed by atoms with E-state index in [9.17, 15) is 0 Å². The quantitative estimate of drug-likeness (QED) is 0.839. The minimum atomic E-state index is -0.368. The lowest BCUT2D eigenvalue weighted by Crippen LogP contribution is -1.98. The fourth-order valence-corrected chi connectivity index (χ4v) is 1.74. The Bertz CT molecular complexity index is 503. The Morgan fingerprint density at radius 2 is 0.889 bits per heavy atom. The number of benzene rings is 1. The van der Waals surface area contributed by atoms with E-state index in [1.807, 2.05) is 0 Å². The van der Waals surface area contributed by atoms with Crippen molar-refractivity contribution in [1.29, 1.82) is 10.5 Å². The molecular weight excluding hydrogens is 330 g/mol. The Morgan fingerprint density at radius 1 is 0.611 bits per heavy atom. The topological polar surface area (TPSA) is 84.5 Å². The zero-order valence-electron chi connectivity index (χ0n) is 8.04. The van der Waals surface area contributed by atoms with E-state index in [1.54, 1.807) is 12.1 Å². The second-order valence-electron chi connectivity index (χ2n) is 2.60. The maximum Gasteiger partial charge on any atom is 0.239 e. The summed E-state index contributed by atoms with van der Waals surface area (Å²) in [4.78, 5) is 0. The highest BCUT2D eigenvalue weighted by atomic mass is 35.5. The normalized spacial score (nSPS) is 9.00. The van der Waals surface area contributed by atoms with Crippen molar-refractivity contribution in [2.24, 2.45) is 0 Å². The maximum atomic E-state index is 8.95. The van der Waals surface area contributed by atoms with E-state index in [1.165, 1.54) is 0 Å². The minimum Gasteiger partial charge on any atom is -0.380 e. The number of nitrogens with zero attached hydrogens (tertiary/aromatic N) is 2. The smallest absolute Gasteiger partial charge is 0.239 e. The molecule has 94 valence electrons. The largest absolute Gasteiger partial charge is 0.380 e. The van der Waals surface area contributed by atoms with Gasteiger partial charge in [0.25, 0.3) is 0 Å². The maximum absolute atomic E-state index is 8.95. The van der Waals surface area contributed by atoms with Crippen LogP contribution >= 0.6 is 47.5 Å². The predicted octanol–water partition coefficient (Wildman–Crippen LogP) is 3.56. The zero-order chi connectivity index (χ0) is 13.7. The molecule has 18 heavy (non-hydrogen) atoms. The first-order valence-electron chi connectivity index (χ1n) is 3.88. The van der Waals surface area contributed by atoms with Crippen molar-refractivity contribution in [3.63, 3.8) is 0 Å². The van der Waals surface area contributed by atoms with Gasteiger partial charge in [0.05, 0.1) is 0 Å². The molecule has 0 aliphatic heterocycles. The Hall–Kier alpha value is -1.44. The van der Waals surface area contributed by atoms with E-state index >= 15 is 0 Å². The molecule has 0 atom stereocenters. The summed E-state index contributed by atoms with van der Waals surface area (Å²) in [7, 11) is 0. The third kappa shape index (κ3) is 2.24. The van der Waals surface area contributed by atoms with Crippen LogP contribution in [0, 0.1) is 22.7 Å². The molecule has 0 fully saturated rings. The van der Waals surface area contributed by atoms with Crippen LogP contribution in [-0.4, -0.2) is 0 Å². The highest BCUT2D eigenvalue weighted by Gasteiger charge is 2.30. The van der Waals surface area contributed by atoms with Gasteiger partial charge in [-0.05, 0) is 0 Å². The summed E-state index contributed by atoms with van der Waals surface area (Å²) in [5, 5.41) is 17.9. The molecule has 1 rings (SSSR count). The summed E-state index contributed by atoms with van der Waals surface area (Å²) >= 11 is 20.7. The average molecular weight is 330 g/mol. The second kappa shape index (κ2) is 6.48. The highest BCUT2D eigenvalue weighted by Crippen LogP contribution is 2.51. The molecule has 0 unspecified atom stereocenters. The van der Waals surface area contributed by atoms with Crippen molar-refractivity contribution in [3.8, 4) is 35.1 Å². The van der Waals surface area contributed by atoms with E-state index in [0.717, 1.165) is 0 Å². The van der Waals surface area contributed by atoms with Crippen LogP contribution in [0.1, 0.15) is 11.1 Å². The minimum absolute atomic E-state index is 0.309. The van der Waals surface area contributed by atoms with Crippen LogP contribution in [0.2, 0.25) is 0 Å². The molecule has 1 aromatic rings. The third-order valence-corrected chi connectivity index (χ3v) is 2.47. The van der Waals surface area contributed by atoms with Crippen LogP contribution in [0.4, 0.5) is 0 Å². The first kappa shape index (κ1) is 14.6. The van der Waals surface area contributed by atoms with Crippen molar-refractivity contribution in [2.75, 3.05) is 0 Å². The number of hydrogen-bond donors (Lipinski definition) is 0. The summed E-state index contributed by atoms with van der Waals surface area (Å²) in [5.74, 6) is -1.46. The van der Waals surface area contributed by atoms with Gasteiger partial charge in [-0.2, -0.15) is 10.5 Å². The van der Waals surface area contributed by atoms with Gasteiger partial charge in [-0.25, -0.2) is 0 Å². The van der Waals surface area contributed by atoms with Crippen LogP contribution in [0.5, 0.6) is 23.0 Å². The van der Waals surface area contributed by atoms with Crippen molar-refractivity contribution < 1.29 is 17.2 Å². The number of rotatable bonds is 4. The molecule has 0 radical (unpaired) electrons. The molecule has 0 saturated heterocycles. The van der Waals surface area contributed by atoms with Gasteiger partial charge in [0, 0.05) is 0 Å². The lowest BCUT2D eigenvalue weighted by atomic mass is 10.1. The Balaban J connectivity index is 3.87. The van der Waals surface area contributed by atoms with Crippen molar-refractivity contribution in [2.45, 2.75) is 0 Å². The van der Waals surface area contributed by atoms with Crippen LogP contribution < -0.4 is 17.2 Å². The van der Waals surface area contributed by atoms with Crippen LogP contribution in [-0.2, 0) is 0 Å². The lowest BCUT2D eigenvalue weighted by molar-refractivity contribution is 0.481. The number of hydrogen-bond acceptors (Lipinski definition) is 6. The third-order valence-electron chi connectivity index (χ3n) is 1.86. The molecule has 0 spiro atoms. The van der Waals surface area contributed by atoms with Crippen molar-refractivity contribution in [1.82, 2.24) is 0 Å². The van der Waals surface area contributed by atoms with Crippen LogP contribution in [0.3, 0.4) is 0 Å². The SMILES string of the molecule is N#Cc1c(C#N)c(OCl)c(OCl)c(OCl)c1OCl. The summed E-state index contributed by atoms with van der Waals surface area (Å²) in [5.41, 5.74) is -0.618. The molecule has 0 amide bonds. The number of halogens is 4. The first-order chi connectivity index (χ1) is 8.69. The monoisotopic (exact) mass is 328 g/mol. The molecule has 0 N–H and O–H groups in total. The zero-order valence-corrected chi connectivity index (χ0v) is 11.1. The molecule has 0 saturated carbocycles. The fourth-order valence-electron chi connectivity index (χ4n) is 1.16. The lowest BCUT2D eigenvalue weighted by Gasteiger charge is -2.12. The summed E-state index contributed by atoms with van der Waals surface area (Å²) in [6.07, 6.45) is 0. The first-order valence-corrected chi connectivity index (χ1v) is 5.12. The molecule has 10 heteroatoms. The molecule has 6 nitrogen and oxygen atoms in total. The van der Waals surface area contributed by atoms with Gasteiger partial charge in [-0.15, -0.1) is 0 Å². The van der Waals surface area contributed by atoms with E-state index in [0.29, 0.717) is 0 Å². The predicted molar refractivity (Wildman–Crippen MR) is 61.8 cm³/mol. The van der Waals surface area contributed by atoms with E-state index < -0.39 is 0 Å². The Labute approximate surface area is 121 Å². The number of nitriles is 2. The van der Waals surface area contributed by atoms with Gasteiger partial charge in [0.15, 0.2) is 0 Å². The van der Waals surface area contributed by atoms with Gasteiger partial charge in [0.1, 0.15) is 70.7 Å². The second-order valence-corrected chi connectivity index (χ2v) is 3.22. The Kier molecular flexibility index (Phi) is 5.26. The van der Waals surface area contributed by atoms with E-state index in [-0.39, 0.29) is 34.1 Å². The van der Waals surface area contributed by atoms with Crippen molar-refractivity contribution in [3.05, 3.63) is 11.1 Å². The highest BCUT2D eigenvalue weighted by molar-refractivity contribution is 6.13. The van der Waals surface area contributed by atoms with Gasteiger partial charge < -0.3 is 17.2 Å². The van der Waals surface area contributed by atoms with Gasteiger partial charge in [-0.1, -0.05) is 0 Å². The van der Waals surface area contributed by atoms with Gasteiger partial charge in [-0.3, -0.25) is 0 Å². The van der Waals surface area contributed by atoms with E-state index in [4.69, 9.17) is 58.0 Å².